The Bertz CT molecular complexity index is 700. The molecule has 0 radical (unpaired) electrons. The van der Waals surface area contributed by atoms with Crippen molar-refractivity contribution in [2.24, 2.45) is 0 Å². The molecule has 0 fully saturated rings. The van der Waals surface area contributed by atoms with Crippen molar-refractivity contribution in [2.45, 2.75) is 9.10 Å². The van der Waals surface area contributed by atoms with E-state index in [2.05, 4.69) is 0 Å². The summed E-state index contributed by atoms with van der Waals surface area (Å²) in [5, 5.41) is -0.239. The first-order valence-electron chi connectivity index (χ1n) is 4.32. The van der Waals surface area contributed by atoms with Gasteiger partial charge in [0.1, 0.15) is 5.02 Å². The first-order valence-corrected chi connectivity index (χ1v) is 8.33. The molecule has 0 unspecified atom stereocenters. The zero-order chi connectivity index (χ0) is 12.6. The van der Waals surface area contributed by atoms with Crippen LogP contribution in [-0.4, -0.2) is 8.42 Å². The van der Waals surface area contributed by atoms with Crippen molar-refractivity contribution in [1.29, 1.82) is 0 Å². The minimum atomic E-state index is -3.72. The molecule has 0 aliphatic carbocycles. The van der Waals surface area contributed by atoms with Gasteiger partial charge in [-0.1, -0.05) is 21.9 Å². The first kappa shape index (κ1) is 12.6. The van der Waals surface area contributed by atoms with Crippen LogP contribution in [0.15, 0.2) is 38.2 Å². The van der Waals surface area contributed by atoms with E-state index in [4.69, 9.17) is 17.3 Å². The van der Waals surface area contributed by atoms with E-state index in [-0.39, 0.29) is 14.1 Å². The molecule has 0 saturated carbocycles. The molecule has 0 bridgehead atoms. The highest BCUT2D eigenvalue weighted by atomic mass is 35.5. The molecule has 17 heavy (non-hydrogen) atoms. The zero-order valence-electron chi connectivity index (χ0n) is 8.21. The lowest BCUT2D eigenvalue weighted by molar-refractivity contribution is 0.598. The molecule has 0 atom stereocenters. The van der Waals surface area contributed by atoms with Gasteiger partial charge in [0.2, 0.25) is 9.84 Å². The summed E-state index contributed by atoms with van der Waals surface area (Å²) < 4.78 is 23.7. The summed E-state index contributed by atoms with van der Waals surface area (Å²) in [6, 6.07) is 5.73. The summed E-state index contributed by atoms with van der Waals surface area (Å²) >= 11 is 5.68. The maximum Gasteiger partial charge on any atom is 0.262 e. The Balaban J connectivity index is 2.62. The van der Waals surface area contributed by atoms with E-state index >= 15 is 0 Å². The molecule has 0 spiro atoms. The van der Waals surface area contributed by atoms with Crippen LogP contribution in [0.25, 0.3) is 0 Å². The van der Waals surface area contributed by atoms with Crippen molar-refractivity contribution < 1.29 is 8.42 Å². The van der Waals surface area contributed by atoms with Crippen LogP contribution in [0.4, 0.5) is 5.69 Å². The normalized spacial score (nSPS) is 11.6. The Morgan fingerprint density at radius 1 is 1.12 bits per heavy atom. The Labute approximate surface area is 110 Å². The van der Waals surface area contributed by atoms with Crippen molar-refractivity contribution in [3.05, 3.63) is 38.8 Å². The van der Waals surface area contributed by atoms with Crippen LogP contribution >= 0.6 is 32.3 Å². The highest BCUT2D eigenvalue weighted by Gasteiger charge is 2.24. The maximum atomic E-state index is 12.1. The van der Waals surface area contributed by atoms with E-state index in [9.17, 15) is 13.2 Å². The third-order valence-electron chi connectivity index (χ3n) is 1.99. The fraction of sp³-hybridized carbons (Fsp3) is 0. The number of hydrogen-bond donors (Lipinski definition) is 1. The lowest BCUT2D eigenvalue weighted by Crippen LogP contribution is -2.02. The van der Waals surface area contributed by atoms with Crippen LogP contribution in [0.1, 0.15) is 0 Å². The minimum absolute atomic E-state index is 0.0719. The largest absolute Gasteiger partial charge is 0.399 e. The molecule has 8 heteroatoms. The van der Waals surface area contributed by atoms with E-state index in [1.54, 1.807) is 0 Å². The van der Waals surface area contributed by atoms with Gasteiger partial charge in [-0.2, -0.15) is 0 Å². The molecule has 2 rings (SSSR count). The van der Waals surface area contributed by atoms with Crippen LogP contribution in [0.5, 0.6) is 0 Å². The van der Waals surface area contributed by atoms with E-state index in [1.165, 1.54) is 24.3 Å². The second-order valence-electron chi connectivity index (χ2n) is 3.13. The molecule has 0 amide bonds. The van der Waals surface area contributed by atoms with Gasteiger partial charge in [0.05, 0.1) is 4.90 Å². The molecule has 1 aromatic carbocycles. The number of nitrogen functional groups attached to an aromatic ring is 1. The topological polar surface area (TPSA) is 77.2 Å². The molecule has 4 nitrogen and oxygen atoms in total. The second-order valence-corrected chi connectivity index (χ2v) is 7.76. The molecule has 0 aliphatic rings. The quantitative estimate of drug-likeness (QED) is 0.682. The molecule has 1 heterocycles. The molecule has 0 saturated heterocycles. The van der Waals surface area contributed by atoms with E-state index < -0.39 is 14.6 Å². The summed E-state index contributed by atoms with van der Waals surface area (Å²) in [5.74, 6) is 0. The summed E-state index contributed by atoms with van der Waals surface area (Å²) in [7, 11) is -2.06. The first-order chi connectivity index (χ1) is 7.93. The molecule has 2 N–H and O–H groups in total. The average molecular weight is 308 g/mol. The Hall–Kier alpha value is -0.890. The number of halogens is 1. The molecule has 1 aromatic heterocycles. The Morgan fingerprint density at radius 2 is 1.71 bits per heavy atom. The van der Waals surface area contributed by atoms with Gasteiger partial charge in [-0.3, -0.25) is 4.79 Å². The van der Waals surface area contributed by atoms with Gasteiger partial charge in [-0.25, -0.2) is 8.42 Å². The monoisotopic (exact) mass is 307 g/mol. The zero-order valence-corrected chi connectivity index (χ0v) is 11.4. The van der Waals surface area contributed by atoms with Crippen LogP contribution < -0.4 is 10.5 Å². The van der Waals surface area contributed by atoms with Crippen LogP contribution in [0.2, 0.25) is 5.02 Å². The fourth-order valence-electron chi connectivity index (χ4n) is 1.15. The minimum Gasteiger partial charge on any atom is -0.399 e. The highest BCUT2D eigenvalue weighted by molar-refractivity contribution is 7.95. The van der Waals surface area contributed by atoms with Gasteiger partial charge in [-0.05, 0) is 34.6 Å². The van der Waals surface area contributed by atoms with Crippen LogP contribution in [0.3, 0.4) is 0 Å². The fourth-order valence-corrected chi connectivity index (χ4v) is 6.33. The van der Waals surface area contributed by atoms with E-state index in [0.717, 1.165) is 20.7 Å². The molecule has 2 aromatic rings. The predicted molar refractivity (Wildman–Crippen MR) is 69.8 cm³/mol. The van der Waals surface area contributed by atoms with Gasteiger partial charge in [-0.15, -0.1) is 0 Å². The third kappa shape index (κ3) is 2.23. The Morgan fingerprint density at radius 3 is 2.18 bits per heavy atom. The average Bonchev–Trinajstić information content (AvgIpc) is 2.61. The van der Waals surface area contributed by atoms with Gasteiger partial charge >= 0.3 is 0 Å². The Kier molecular flexibility index (Phi) is 3.26. The summed E-state index contributed by atoms with van der Waals surface area (Å²) in [4.78, 5) is 11.3. The second kappa shape index (κ2) is 4.41. The lowest BCUT2D eigenvalue weighted by atomic mass is 10.3. The molecular formula is C9H6ClNO3S3. The van der Waals surface area contributed by atoms with Crippen molar-refractivity contribution >= 4 is 47.8 Å². The summed E-state index contributed by atoms with van der Waals surface area (Å²) in [5.41, 5.74) is 5.94. The van der Waals surface area contributed by atoms with Gasteiger partial charge in [0.25, 0.3) is 4.74 Å². The predicted octanol–water partition coefficient (Wildman–Crippen LogP) is 2.24. The van der Waals surface area contributed by atoms with Crippen molar-refractivity contribution in [3.8, 4) is 0 Å². The van der Waals surface area contributed by atoms with E-state index in [0.29, 0.717) is 5.69 Å². The van der Waals surface area contributed by atoms with Crippen molar-refractivity contribution in [2.75, 3.05) is 5.73 Å². The van der Waals surface area contributed by atoms with Gasteiger partial charge in [0, 0.05) is 5.69 Å². The maximum absolute atomic E-state index is 12.1. The lowest BCUT2D eigenvalue weighted by Gasteiger charge is -2.02. The van der Waals surface area contributed by atoms with Crippen molar-refractivity contribution in [3.63, 3.8) is 0 Å². The molecule has 0 aliphatic heterocycles. The molecule has 90 valence electrons. The number of nitrogens with two attached hydrogens (primary N) is 1. The number of rotatable bonds is 2. The van der Waals surface area contributed by atoms with Gasteiger partial charge in [0.15, 0.2) is 4.21 Å². The van der Waals surface area contributed by atoms with Crippen LogP contribution in [-0.2, 0) is 9.84 Å². The van der Waals surface area contributed by atoms with E-state index in [1.807, 2.05) is 0 Å². The molecular weight excluding hydrogens is 302 g/mol. The van der Waals surface area contributed by atoms with Crippen molar-refractivity contribution in [1.82, 2.24) is 0 Å². The standard InChI is InChI=1S/C9H6ClNO3S3/c10-7-8(12)15-16-9(7)17(13,14)6-3-1-5(11)2-4-6/h1-4H,11H2. The third-order valence-corrected chi connectivity index (χ3v) is 7.49. The SMILES string of the molecule is Nc1ccc(S(=O)(=O)c2ssc(=O)c2Cl)cc1. The summed E-state index contributed by atoms with van der Waals surface area (Å²) in [6.45, 7) is 0. The number of benzene rings is 1. The number of sulfone groups is 1. The van der Waals surface area contributed by atoms with Crippen LogP contribution in [0, 0.1) is 0 Å². The summed E-state index contributed by atoms with van der Waals surface area (Å²) in [6.07, 6.45) is 0. The number of hydrogen-bond acceptors (Lipinski definition) is 6. The smallest absolute Gasteiger partial charge is 0.262 e. The van der Waals surface area contributed by atoms with Gasteiger partial charge < -0.3 is 5.73 Å². The number of anilines is 1. The highest BCUT2D eigenvalue weighted by Crippen LogP contribution is 2.31.